The molecular weight excluding hydrogens is 422 g/mol. The Morgan fingerprint density at radius 1 is 1.27 bits per heavy atom. The number of aryl methyl sites for hydroxylation is 2. The van der Waals surface area contributed by atoms with Gasteiger partial charge in [-0.05, 0) is 71.3 Å². The number of benzene rings is 2. The third kappa shape index (κ3) is 5.50. The van der Waals surface area contributed by atoms with E-state index in [-0.39, 0.29) is 17.4 Å². The number of halogens is 1. The number of hydrogen-bond donors (Lipinski definition) is 2. The summed E-state index contributed by atoms with van der Waals surface area (Å²) < 4.78 is 6.21. The summed E-state index contributed by atoms with van der Waals surface area (Å²) in [4.78, 5) is 22.2. The molecule has 2 aromatic rings. The minimum atomic E-state index is -0.475. The molecule has 0 aliphatic heterocycles. The van der Waals surface area contributed by atoms with Gasteiger partial charge in [-0.15, -0.1) is 0 Å². The van der Waals surface area contributed by atoms with Gasteiger partial charge in [-0.25, -0.2) is 0 Å². The molecule has 0 heterocycles. The van der Waals surface area contributed by atoms with Gasteiger partial charge in [0.15, 0.2) is 11.7 Å². The molecule has 0 saturated heterocycles. The number of nitro groups is 1. The maximum Gasteiger partial charge on any atom is 0.269 e. The van der Waals surface area contributed by atoms with E-state index in [2.05, 4.69) is 26.6 Å². The van der Waals surface area contributed by atoms with E-state index in [4.69, 9.17) is 17.0 Å². The van der Waals surface area contributed by atoms with Crippen LogP contribution in [0.25, 0.3) is 0 Å². The maximum absolute atomic E-state index is 12.0. The lowest BCUT2D eigenvalue weighted by Crippen LogP contribution is -2.37. The van der Waals surface area contributed by atoms with E-state index in [1.165, 1.54) is 18.2 Å². The molecule has 0 aliphatic rings. The van der Waals surface area contributed by atoms with Crippen molar-refractivity contribution in [2.24, 2.45) is 0 Å². The molecule has 0 unspecified atom stereocenters. The van der Waals surface area contributed by atoms with Crippen LogP contribution in [-0.2, 0) is 4.79 Å². The van der Waals surface area contributed by atoms with Gasteiger partial charge >= 0.3 is 0 Å². The summed E-state index contributed by atoms with van der Waals surface area (Å²) in [6, 6.07) is 9.84. The Bertz CT molecular complexity index is 873. The smallest absolute Gasteiger partial charge is 0.269 e. The number of nitro benzene ring substituents is 1. The van der Waals surface area contributed by atoms with Crippen molar-refractivity contribution in [3.05, 3.63) is 62.1 Å². The summed E-state index contributed by atoms with van der Waals surface area (Å²) in [5, 5.41) is 16.2. The zero-order valence-electron chi connectivity index (χ0n) is 14.0. The molecule has 1 amide bonds. The number of ether oxygens (including phenoxy) is 1. The average molecular weight is 438 g/mol. The van der Waals surface area contributed by atoms with Crippen molar-refractivity contribution < 1.29 is 14.5 Å². The van der Waals surface area contributed by atoms with Crippen molar-refractivity contribution in [2.75, 3.05) is 11.9 Å². The first-order valence-corrected chi connectivity index (χ1v) is 8.71. The Hall–Kier alpha value is -2.52. The van der Waals surface area contributed by atoms with Crippen LogP contribution >= 0.6 is 28.1 Å². The lowest BCUT2D eigenvalue weighted by atomic mass is 10.2. The molecule has 0 aromatic heterocycles. The van der Waals surface area contributed by atoms with E-state index in [1.807, 2.05) is 19.1 Å². The van der Waals surface area contributed by atoms with Crippen molar-refractivity contribution in [3.63, 3.8) is 0 Å². The molecule has 9 heteroatoms. The van der Waals surface area contributed by atoms with Gasteiger partial charge in [-0.2, -0.15) is 0 Å². The van der Waals surface area contributed by atoms with Crippen LogP contribution in [0.4, 0.5) is 11.4 Å². The molecule has 0 fully saturated rings. The second-order valence-electron chi connectivity index (χ2n) is 5.48. The van der Waals surface area contributed by atoms with Crippen molar-refractivity contribution in [1.29, 1.82) is 0 Å². The molecule has 0 aliphatic carbocycles. The topological polar surface area (TPSA) is 93.5 Å². The largest absolute Gasteiger partial charge is 0.483 e. The van der Waals surface area contributed by atoms with Gasteiger partial charge in [-0.3, -0.25) is 20.2 Å². The quantitative estimate of drug-likeness (QED) is 0.418. The van der Waals surface area contributed by atoms with Crippen LogP contribution in [0.2, 0.25) is 0 Å². The highest BCUT2D eigenvalue weighted by Gasteiger charge is 2.11. The molecule has 0 atom stereocenters. The fourth-order valence-electron chi connectivity index (χ4n) is 2.08. The van der Waals surface area contributed by atoms with E-state index in [9.17, 15) is 14.9 Å². The van der Waals surface area contributed by atoms with Crippen LogP contribution in [0, 0.1) is 24.0 Å². The van der Waals surface area contributed by atoms with Crippen molar-refractivity contribution in [1.82, 2.24) is 5.32 Å². The SMILES string of the molecule is Cc1ccc(OCC(=O)NC(=S)Nc2ccc([N+](=O)[O-])cc2C)c(Br)c1. The molecule has 0 bridgehead atoms. The van der Waals surface area contributed by atoms with Gasteiger partial charge in [-0.1, -0.05) is 6.07 Å². The van der Waals surface area contributed by atoms with Crippen molar-refractivity contribution in [3.8, 4) is 5.75 Å². The van der Waals surface area contributed by atoms with Gasteiger partial charge in [0.05, 0.1) is 9.40 Å². The van der Waals surface area contributed by atoms with Gasteiger partial charge in [0.25, 0.3) is 11.6 Å². The fourth-order valence-corrected chi connectivity index (χ4v) is 2.92. The average Bonchev–Trinajstić information content (AvgIpc) is 2.55. The van der Waals surface area contributed by atoms with Crippen LogP contribution in [-0.4, -0.2) is 22.5 Å². The van der Waals surface area contributed by atoms with E-state index in [1.54, 1.807) is 13.0 Å². The summed E-state index contributed by atoms with van der Waals surface area (Å²) in [7, 11) is 0. The fraction of sp³-hybridized carbons (Fsp3) is 0.176. The lowest BCUT2D eigenvalue weighted by molar-refractivity contribution is -0.384. The summed E-state index contributed by atoms with van der Waals surface area (Å²) in [5.41, 5.74) is 2.26. The molecule has 7 nitrogen and oxygen atoms in total. The predicted molar refractivity (Wildman–Crippen MR) is 107 cm³/mol. The number of non-ortho nitro benzene ring substituents is 1. The number of anilines is 1. The van der Waals surface area contributed by atoms with E-state index >= 15 is 0 Å². The molecule has 26 heavy (non-hydrogen) atoms. The minimum absolute atomic E-state index is 0.0138. The minimum Gasteiger partial charge on any atom is -0.483 e. The van der Waals surface area contributed by atoms with Crippen LogP contribution < -0.4 is 15.4 Å². The molecule has 0 spiro atoms. The molecule has 0 saturated carbocycles. The second-order valence-corrected chi connectivity index (χ2v) is 6.74. The van der Waals surface area contributed by atoms with E-state index < -0.39 is 10.8 Å². The van der Waals surface area contributed by atoms with Crippen molar-refractivity contribution >= 4 is 50.5 Å². The Kier molecular flexibility index (Phi) is 6.64. The van der Waals surface area contributed by atoms with Gasteiger partial charge in [0.1, 0.15) is 5.75 Å². The summed E-state index contributed by atoms with van der Waals surface area (Å²) in [6.45, 7) is 3.45. The lowest BCUT2D eigenvalue weighted by Gasteiger charge is -2.12. The normalized spacial score (nSPS) is 10.1. The molecule has 136 valence electrons. The number of nitrogens with zero attached hydrogens (tertiary/aromatic N) is 1. The number of amides is 1. The van der Waals surface area contributed by atoms with Crippen molar-refractivity contribution in [2.45, 2.75) is 13.8 Å². The number of nitrogens with one attached hydrogen (secondary N) is 2. The summed E-state index contributed by atoms with van der Waals surface area (Å²) in [6.07, 6.45) is 0. The van der Waals surface area contributed by atoms with E-state index in [0.29, 0.717) is 17.0 Å². The standard InChI is InChI=1S/C17H16BrN3O4S/c1-10-3-6-15(13(18)7-10)25-9-16(22)20-17(26)19-14-5-4-12(21(23)24)8-11(14)2/h3-8H,9H2,1-2H3,(H2,19,20,22,26). The number of thiocarbonyl (C=S) groups is 1. The molecule has 2 rings (SSSR count). The highest BCUT2D eigenvalue weighted by atomic mass is 79.9. The monoisotopic (exact) mass is 437 g/mol. The van der Waals surface area contributed by atoms with E-state index in [0.717, 1.165) is 10.0 Å². The van der Waals surface area contributed by atoms with Gasteiger partial charge < -0.3 is 10.1 Å². The first-order valence-electron chi connectivity index (χ1n) is 7.51. The van der Waals surface area contributed by atoms with Gasteiger partial charge in [0.2, 0.25) is 0 Å². The van der Waals surface area contributed by atoms with Crippen LogP contribution in [0.15, 0.2) is 40.9 Å². The number of carbonyl (C=O) groups is 1. The zero-order chi connectivity index (χ0) is 19.3. The molecule has 2 aromatic carbocycles. The number of rotatable bonds is 5. The third-order valence-corrected chi connectivity index (χ3v) is 4.19. The van der Waals surface area contributed by atoms with Crippen LogP contribution in [0.1, 0.15) is 11.1 Å². The summed E-state index contributed by atoms with van der Waals surface area (Å²) >= 11 is 8.46. The Morgan fingerprint density at radius 3 is 2.62 bits per heavy atom. The predicted octanol–water partition coefficient (Wildman–Crippen LogP) is 3.87. The Balaban J connectivity index is 1.89. The highest BCUT2D eigenvalue weighted by Crippen LogP contribution is 2.25. The Morgan fingerprint density at radius 2 is 2.00 bits per heavy atom. The second kappa shape index (κ2) is 8.72. The van der Waals surface area contributed by atoms with Crippen LogP contribution in [0.5, 0.6) is 5.75 Å². The first kappa shape index (κ1) is 19.8. The first-order chi connectivity index (χ1) is 12.3. The summed E-state index contributed by atoms with van der Waals surface area (Å²) in [5.74, 6) is 0.130. The number of hydrogen-bond acceptors (Lipinski definition) is 5. The molecule has 2 N–H and O–H groups in total. The Labute approximate surface area is 164 Å². The number of carbonyl (C=O) groups excluding carboxylic acids is 1. The third-order valence-electron chi connectivity index (χ3n) is 3.37. The maximum atomic E-state index is 12.0. The van der Waals surface area contributed by atoms with Gasteiger partial charge in [0, 0.05) is 17.8 Å². The molecule has 0 radical (unpaired) electrons. The molecular formula is C17H16BrN3O4S. The zero-order valence-corrected chi connectivity index (χ0v) is 16.4. The highest BCUT2D eigenvalue weighted by molar-refractivity contribution is 9.10. The van der Waals surface area contributed by atoms with Crippen LogP contribution in [0.3, 0.4) is 0 Å².